The largest absolute Gasteiger partial charge is 0.444 e. The summed E-state index contributed by atoms with van der Waals surface area (Å²) in [6, 6.07) is 7.59. The topological polar surface area (TPSA) is 99.3 Å². The summed E-state index contributed by atoms with van der Waals surface area (Å²) in [5, 5.41) is 2.93. The molecule has 9 nitrogen and oxygen atoms in total. The van der Waals surface area contributed by atoms with E-state index in [4.69, 9.17) is 4.74 Å². The summed E-state index contributed by atoms with van der Waals surface area (Å²) in [7, 11) is -3.72. The highest BCUT2D eigenvalue weighted by Gasteiger charge is 2.37. The molecule has 0 saturated carbocycles. The number of rotatable bonds is 6. The maximum absolute atomic E-state index is 13.1. The van der Waals surface area contributed by atoms with Gasteiger partial charge in [0, 0.05) is 45.8 Å². The average Bonchev–Trinajstić information content (AvgIpc) is 2.79. The molecule has 2 saturated heterocycles. The Morgan fingerprint density at radius 3 is 2.33 bits per heavy atom. The maximum atomic E-state index is 13.1. The molecule has 1 atom stereocenters. The van der Waals surface area contributed by atoms with Gasteiger partial charge in [0.05, 0.1) is 4.90 Å². The predicted octanol–water partition coefficient (Wildman–Crippen LogP) is 1.90. The SMILES string of the molecule is CC(C)(C)OC(=O)N1CCN(CCNC(=O)C2CCCCN2S(=O)(=O)c2ccccc2)CC1. The summed E-state index contributed by atoms with van der Waals surface area (Å²) < 4.78 is 32.9. The number of nitrogens with one attached hydrogen (secondary N) is 1. The van der Waals surface area contributed by atoms with Crippen LogP contribution in [0.2, 0.25) is 0 Å². The van der Waals surface area contributed by atoms with Crippen LogP contribution in [0.15, 0.2) is 35.2 Å². The summed E-state index contributed by atoms with van der Waals surface area (Å²) in [4.78, 5) is 29.2. The van der Waals surface area contributed by atoms with E-state index in [1.165, 1.54) is 4.31 Å². The lowest BCUT2D eigenvalue weighted by atomic mass is 10.0. The zero-order valence-electron chi connectivity index (χ0n) is 19.8. The van der Waals surface area contributed by atoms with Gasteiger partial charge in [-0.05, 0) is 45.7 Å². The van der Waals surface area contributed by atoms with Crippen molar-refractivity contribution in [3.63, 3.8) is 0 Å². The van der Waals surface area contributed by atoms with E-state index in [9.17, 15) is 18.0 Å². The van der Waals surface area contributed by atoms with Crippen molar-refractivity contribution in [2.75, 3.05) is 45.8 Å². The van der Waals surface area contributed by atoms with Gasteiger partial charge < -0.3 is 15.0 Å². The average molecular weight is 481 g/mol. The van der Waals surface area contributed by atoms with Crippen LogP contribution in [-0.4, -0.2) is 92.0 Å². The van der Waals surface area contributed by atoms with Gasteiger partial charge in [-0.3, -0.25) is 9.69 Å². The Balaban J connectivity index is 1.48. The van der Waals surface area contributed by atoms with Crippen LogP contribution in [0, 0.1) is 0 Å². The van der Waals surface area contributed by atoms with Crippen molar-refractivity contribution in [2.24, 2.45) is 0 Å². The Labute approximate surface area is 197 Å². The van der Waals surface area contributed by atoms with Gasteiger partial charge >= 0.3 is 6.09 Å². The van der Waals surface area contributed by atoms with Crippen LogP contribution in [0.4, 0.5) is 4.79 Å². The van der Waals surface area contributed by atoms with Crippen molar-refractivity contribution in [1.29, 1.82) is 0 Å². The van der Waals surface area contributed by atoms with E-state index < -0.39 is 21.7 Å². The smallest absolute Gasteiger partial charge is 0.410 e. The number of amides is 2. The molecule has 1 unspecified atom stereocenters. The lowest BCUT2D eigenvalue weighted by Gasteiger charge is -2.36. The van der Waals surface area contributed by atoms with Gasteiger partial charge in [-0.25, -0.2) is 13.2 Å². The second-order valence-electron chi connectivity index (χ2n) is 9.54. The molecule has 10 heteroatoms. The summed E-state index contributed by atoms with van der Waals surface area (Å²) in [6.07, 6.45) is 1.79. The molecule has 0 aromatic heterocycles. The van der Waals surface area contributed by atoms with Crippen LogP contribution < -0.4 is 5.32 Å². The highest BCUT2D eigenvalue weighted by molar-refractivity contribution is 7.89. The Hall–Kier alpha value is -2.17. The molecule has 2 aliphatic heterocycles. The number of piperidine rings is 1. The highest BCUT2D eigenvalue weighted by atomic mass is 32.2. The van der Waals surface area contributed by atoms with Gasteiger partial charge in [0.15, 0.2) is 0 Å². The Bertz CT molecular complexity index is 909. The number of carbonyl (C=O) groups is 2. The fraction of sp³-hybridized carbons (Fsp3) is 0.652. The molecule has 0 aliphatic carbocycles. The second-order valence-corrected chi connectivity index (χ2v) is 11.4. The van der Waals surface area contributed by atoms with Gasteiger partial charge in [0.2, 0.25) is 15.9 Å². The quantitative estimate of drug-likeness (QED) is 0.668. The molecule has 0 spiro atoms. The van der Waals surface area contributed by atoms with Crippen molar-refractivity contribution in [3.05, 3.63) is 30.3 Å². The van der Waals surface area contributed by atoms with Crippen LogP contribution in [0.1, 0.15) is 40.0 Å². The first-order chi connectivity index (χ1) is 15.6. The third kappa shape index (κ3) is 6.91. The van der Waals surface area contributed by atoms with E-state index in [2.05, 4.69) is 10.2 Å². The van der Waals surface area contributed by atoms with Gasteiger partial charge in [-0.15, -0.1) is 0 Å². The number of ether oxygens (including phenoxy) is 1. The molecule has 2 fully saturated rings. The predicted molar refractivity (Wildman–Crippen MR) is 125 cm³/mol. The standard InChI is InChI=1S/C23H36N4O5S/c1-23(2,3)32-22(29)26-17-15-25(16-18-26)14-12-24-21(28)20-11-7-8-13-27(20)33(30,31)19-9-5-4-6-10-19/h4-6,9-10,20H,7-8,11-18H2,1-3H3,(H,24,28). The van der Waals surface area contributed by atoms with Crippen LogP contribution >= 0.6 is 0 Å². The van der Waals surface area contributed by atoms with Crippen molar-refractivity contribution >= 4 is 22.0 Å². The maximum Gasteiger partial charge on any atom is 0.410 e. The van der Waals surface area contributed by atoms with Gasteiger partial charge in [-0.1, -0.05) is 24.6 Å². The number of hydrogen-bond donors (Lipinski definition) is 1. The molecule has 0 radical (unpaired) electrons. The number of piperazine rings is 1. The summed E-state index contributed by atoms with van der Waals surface area (Å²) in [5.74, 6) is -0.249. The molecule has 2 aliphatic rings. The van der Waals surface area contributed by atoms with Gasteiger partial charge in [0.1, 0.15) is 11.6 Å². The molecule has 33 heavy (non-hydrogen) atoms. The van der Waals surface area contributed by atoms with Crippen molar-refractivity contribution < 1.29 is 22.7 Å². The minimum atomic E-state index is -3.72. The molecule has 184 valence electrons. The second kappa shape index (κ2) is 10.8. The number of benzene rings is 1. The Morgan fingerprint density at radius 2 is 1.70 bits per heavy atom. The minimum absolute atomic E-state index is 0.215. The van der Waals surface area contributed by atoms with Crippen molar-refractivity contribution in [2.45, 2.75) is 56.6 Å². The monoisotopic (exact) mass is 480 g/mol. The number of sulfonamides is 1. The molecule has 1 N–H and O–H groups in total. The first-order valence-electron chi connectivity index (χ1n) is 11.6. The van der Waals surface area contributed by atoms with E-state index in [1.807, 2.05) is 20.8 Å². The van der Waals surface area contributed by atoms with Gasteiger partial charge in [-0.2, -0.15) is 4.31 Å². The first kappa shape index (κ1) is 25.5. The Morgan fingerprint density at radius 1 is 1.03 bits per heavy atom. The van der Waals surface area contributed by atoms with Crippen molar-refractivity contribution in [1.82, 2.24) is 19.4 Å². The first-order valence-corrected chi connectivity index (χ1v) is 13.1. The van der Waals surface area contributed by atoms with E-state index in [0.29, 0.717) is 52.2 Å². The zero-order valence-corrected chi connectivity index (χ0v) is 20.6. The lowest BCUT2D eigenvalue weighted by Crippen LogP contribution is -2.54. The molecule has 1 aromatic rings. The third-order valence-electron chi connectivity index (χ3n) is 5.86. The van der Waals surface area contributed by atoms with Crippen LogP contribution in [0.25, 0.3) is 0 Å². The minimum Gasteiger partial charge on any atom is -0.444 e. The highest BCUT2D eigenvalue weighted by Crippen LogP contribution is 2.25. The van der Waals surface area contributed by atoms with Crippen LogP contribution in [0.3, 0.4) is 0 Å². The fourth-order valence-electron chi connectivity index (χ4n) is 4.12. The summed E-state index contributed by atoms with van der Waals surface area (Å²) >= 11 is 0. The zero-order chi connectivity index (χ0) is 24.1. The number of hydrogen-bond acceptors (Lipinski definition) is 6. The fourth-order valence-corrected chi connectivity index (χ4v) is 5.80. The van der Waals surface area contributed by atoms with Crippen LogP contribution in [-0.2, 0) is 19.6 Å². The van der Waals surface area contributed by atoms with Gasteiger partial charge in [0.25, 0.3) is 0 Å². The molecule has 2 amide bonds. The lowest BCUT2D eigenvalue weighted by molar-refractivity contribution is -0.125. The summed E-state index contributed by atoms with van der Waals surface area (Å²) in [5.41, 5.74) is -0.514. The third-order valence-corrected chi connectivity index (χ3v) is 7.78. The molecule has 0 bridgehead atoms. The summed E-state index contributed by atoms with van der Waals surface area (Å²) in [6.45, 7) is 9.53. The number of carbonyl (C=O) groups excluding carboxylic acids is 2. The van der Waals surface area contributed by atoms with E-state index in [-0.39, 0.29) is 16.9 Å². The van der Waals surface area contributed by atoms with E-state index in [0.717, 1.165) is 12.8 Å². The molecule has 2 heterocycles. The van der Waals surface area contributed by atoms with Crippen molar-refractivity contribution in [3.8, 4) is 0 Å². The van der Waals surface area contributed by atoms with Crippen LogP contribution in [0.5, 0.6) is 0 Å². The molecule has 3 rings (SSSR count). The van der Waals surface area contributed by atoms with E-state index >= 15 is 0 Å². The Kier molecular flexibility index (Phi) is 8.36. The molecule has 1 aromatic carbocycles. The van der Waals surface area contributed by atoms with E-state index in [1.54, 1.807) is 35.2 Å². The normalized spacial score (nSPS) is 20.9. The molecular formula is C23H36N4O5S. The number of nitrogens with zero attached hydrogens (tertiary/aromatic N) is 3. The molecular weight excluding hydrogens is 444 g/mol.